The molecule has 0 radical (unpaired) electrons. The number of nitrogens with zero attached hydrogens (tertiary/aromatic N) is 1. The molecule has 1 spiro atoms. The first kappa shape index (κ1) is 21.8. The van der Waals surface area contributed by atoms with Gasteiger partial charge in [-0.3, -0.25) is 0 Å². The van der Waals surface area contributed by atoms with E-state index in [4.69, 9.17) is 9.47 Å². The van der Waals surface area contributed by atoms with Crippen molar-refractivity contribution in [2.45, 2.75) is 66.7 Å². The summed E-state index contributed by atoms with van der Waals surface area (Å²) in [6.07, 6.45) is -3.61. The molecular formula is C23H29NO9. The molecule has 5 aliphatic rings. The number of hydrogen-bond donors (Lipinski definition) is 7. The average Bonchev–Trinajstić information content (AvgIpc) is 3.15. The quantitative estimate of drug-likeness (QED) is 0.240. The molecule has 0 saturated carbocycles. The van der Waals surface area contributed by atoms with Gasteiger partial charge >= 0.3 is 0 Å². The van der Waals surface area contributed by atoms with E-state index < -0.39 is 54.4 Å². The van der Waals surface area contributed by atoms with Crippen LogP contribution in [-0.2, 0) is 22.2 Å². The zero-order valence-corrected chi connectivity index (χ0v) is 18.1. The molecule has 10 atom stereocenters. The van der Waals surface area contributed by atoms with Gasteiger partial charge in [-0.2, -0.15) is 0 Å². The maximum atomic E-state index is 11.7. The van der Waals surface area contributed by atoms with Crippen molar-refractivity contribution in [1.29, 1.82) is 0 Å². The predicted octanol–water partition coefficient (Wildman–Crippen LogP) is -2.18. The van der Waals surface area contributed by atoms with Crippen LogP contribution in [0.15, 0.2) is 18.2 Å². The van der Waals surface area contributed by atoms with Crippen molar-refractivity contribution in [3.63, 3.8) is 0 Å². The van der Waals surface area contributed by atoms with Gasteiger partial charge in [0.25, 0.3) is 0 Å². The summed E-state index contributed by atoms with van der Waals surface area (Å²) >= 11 is 0. The van der Waals surface area contributed by atoms with Gasteiger partial charge in [0.15, 0.2) is 17.8 Å². The Morgan fingerprint density at radius 3 is 2.64 bits per heavy atom. The Hall–Kier alpha value is -1.76. The molecule has 2 aliphatic carbocycles. The van der Waals surface area contributed by atoms with Crippen LogP contribution < -0.4 is 4.74 Å². The lowest BCUT2D eigenvalue weighted by atomic mass is 9.52. The molecule has 2 saturated heterocycles. The summed E-state index contributed by atoms with van der Waals surface area (Å²) in [5.41, 5.74) is -1.73. The first-order chi connectivity index (χ1) is 15.7. The molecule has 3 aliphatic heterocycles. The zero-order valence-electron chi connectivity index (χ0n) is 18.1. The third kappa shape index (κ3) is 2.45. The van der Waals surface area contributed by atoms with Crippen molar-refractivity contribution in [1.82, 2.24) is 4.90 Å². The van der Waals surface area contributed by atoms with Crippen molar-refractivity contribution in [3.05, 3.63) is 34.9 Å². The molecule has 7 N–H and O–H groups in total. The molecular weight excluding hydrogens is 434 g/mol. The fraction of sp³-hybridized carbons (Fsp3) is 0.652. The van der Waals surface area contributed by atoms with Crippen LogP contribution >= 0.6 is 0 Å². The lowest BCUT2D eigenvalue weighted by Gasteiger charge is -2.57. The molecule has 10 nitrogen and oxygen atoms in total. The number of rotatable bonds is 2. The topological polar surface area (TPSA) is 163 Å². The van der Waals surface area contributed by atoms with Gasteiger partial charge in [0.1, 0.15) is 36.1 Å². The van der Waals surface area contributed by atoms with Crippen molar-refractivity contribution >= 4 is 0 Å². The summed E-state index contributed by atoms with van der Waals surface area (Å²) in [7, 11) is 2.01. The minimum atomic E-state index is -2.43. The van der Waals surface area contributed by atoms with Crippen LogP contribution in [0, 0.1) is 5.92 Å². The maximum Gasteiger partial charge on any atom is 0.184 e. The van der Waals surface area contributed by atoms with Gasteiger partial charge in [-0.25, -0.2) is 0 Å². The van der Waals surface area contributed by atoms with E-state index in [9.17, 15) is 35.7 Å². The van der Waals surface area contributed by atoms with Gasteiger partial charge < -0.3 is 50.1 Å². The van der Waals surface area contributed by atoms with Crippen LogP contribution in [0.2, 0.25) is 0 Å². The van der Waals surface area contributed by atoms with Gasteiger partial charge in [0.2, 0.25) is 0 Å². The third-order valence-corrected chi connectivity index (χ3v) is 8.73. The second kappa shape index (κ2) is 6.89. The number of aromatic hydroxyl groups is 1. The van der Waals surface area contributed by atoms with E-state index in [1.165, 1.54) is 6.07 Å². The van der Waals surface area contributed by atoms with Crippen LogP contribution in [0.4, 0.5) is 0 Å². The number of benzene rings is 1. The molecule has 0 amide bonds. The first-order valence-corrected chi connectivity index (χ1v) is 11.3. The van der Waals surface area contributed by atoms with Crippen LogP contribution in [0.25, 0.3) is 0 Å². The highest BCUT2D eigenvalue weighted by atomic mass is 16.6. The molecule has 1 aromatic rings. The van der Waals surface area contributed by atoms with Crippen LogP contribution in [-0.4, -0.2) is 104 Å². The highest BCUT2D eigenvalue weighted by molar-refractivity contribution is 5.65. The lowest BCUT2D eigenvalue weighted by molar-refractivity contribution is -0.326. The van der Waals surface area contributed by atoms with Crippen molar-refractivity contribution in [3.8, 4) is 11.5 Å². The molecule has 1 aromatic carbocycles. The second-order valence-electron chi connectivity index (χ2n) is 10.1. The standard InChI is InChI=1S/C23H29NO9/c1-24-5-4-22-10-2-3-13(26)20(22)33-17-14(27)7-11(9(16(17)22)6-12(10)24)23(31)18(28)15(8-25)32-21(30)19(23)29/h2-3,7,10,12-13,15,18-21,25-31H,4-6,8H2,1H3/t10-,12+,13-,15+,18+,19-,20-,21+,22-,23-/m0/s1. The molecule has 3 heterocycles. The average molecular weight is 463 g/mol. The molecule has 0 unspecified atom stereocenters. The second-order valence-corrected chi connectivity index (χ2v) is 10.1. The Morgan fingerprint density at radius 1 is 1.15 bits per heavy atom. The summed E-state index contributed by atoms with van der Waals surface area (Å²) in [5.74, 6) is -0.0402. The number of aliphatic hydroxyl groups is 6. The van der Waals surface area contributed by atoms with E-state index in [0.29, 0.717) is 24.0 Å². The fourth-order valence-electron chi connectivity index (χ4n) is 7.15. The molecule has 10 heteroatoms. The first-order valence-electron chi connectivity index (χ1n) is 11.3. The predicted molar refractivity (Wildman–Crippen MR) is 111 cm³/mol. The van der Waals surface area contributed by atoms with Gasteiger partial charge in [-0.1, -0.05) is 12.2 Å². The van der Waals surface area contributed by atoms with E-state index >= 15 is 0 Å². The van der Waals surface area contributed by atoms with Crippen molar-refractivity contribution in [2.24, 2.45) is 5.92 Å². The van der Waals surface area contributed by atoms with E-state index in [2.05, 4.69) is 4.90 Å². The highest BCUT2D eigenvalue weighted by Gasteiger charge is 2.66. The van der Waals surface area contributed by atoms with Crippen LogP contribution in [0.3, 0.4) is 0 Å². The van der Waals surface area contributed by atoms with Crippen LogP contribution in [0.5, 0.6) is 11.5 Å². The number of likely N-dealkylation sites (tertiary alicyclic amines) is 1. The number of phenolic OH excluding ortho intramolecular Hbond substituents is 1. The normalized spacial score (nSPS) is 47.8. The van der Waals surface area contributed by atoms with Crippen LogP contribution in [0.1, 0.15) is 23.1 Å². The van der Waals surface area contributed by atoms with E-state index in [0.717, 1.165) is 6.54 Å². The monoisotopic (exact) mass is 463 g/mol. The van der Waals surface area contributed by atoms with E-state index in [-0.39, 0.29) is 29.0 Å². The number of piperidine rings is 1. The Bertz CT molecular complexity index is 1030. The van der Waals surface area contributed by atoms with Crippen molar-refractivity contribution < 1.29 is 45.2 Å². The van der Waals surface area contributed by atoms with Crippen molar-refractivity contribution in [2.75, 3.05) is 20.2 Å². The SMILES string of the molecule is CN1CC[C@]23c4c5c([C@]6(O)[C@H](O)[C@@H](CO)O[C@@H](O)[C@@H]6O)cc(O)c4O[C@H]2[C@@H](O)C=C[C@H]3[C@H]1C5. The summed E-state index contributed by atoms with van der Waals surface area (Å²) in [6.45, 7) is 0.0547. The Labute approximate surface area is 189 Å². The Balaban J connectivity index is 1.62. The number of ether oxygens (including phenoxy) is 2. The number of aliphatic hydroxyl groups excluding tert-OH is 5. The van der Waals surface area contributed by atoms with E-state index in [1.807, 2.05) is 13.1 Å². The minimum absolute atomic E-state index is 0.00279. The number of hydrogen-bond acceptors (Lipinski definition) is 10. The maximum absolute atomic E-state index is 11.7. The Morgan fingerprint density at radius 2 is 1.91 bits per heavy atom. The Kier molecular flexibility index (Phi) is 4.54. The fourth-order valence-corrected chi connectivity index (χ4v) is 7.15. The lowest BCUT2D eigenvalue weighted by Crippen LogP contribution is -2.67. The number of phenols is 1. The largest absolute Gasteiger partial charge is 0.504 e. The summed E-state index contributed by atoms with van der Waals surface area (Å²) in [4.78, 5) is 2.21. The molecule has 180 valence electrons. The molecule has 2 bridgehead atoms. The molecule has 2 fully saturated rings. The minimum Gasteiger partial charge on any atom is -0.504 e. The summed E-state index contributed by atoms with van der Waals surface area (Å²) < 4.78 is 11.2. The molecule has 6 rings (SSSR count). The molecule has 0 aromatic heterocycles. The zero-order chi connectivity index (χ0) is 23.4. The highest BCUT2D eigenvalue weighted by Crippen LogP contribution is 2.64. The van der Waals surface area contributed by atoms with Gasteiger partial charge in [0.05, 0.1) is 6.61 Å². The van der Waals surface area contributed by atoms with Gasteiger partial charge in [-0.05, 0) is 43.6 Å². The van der Waals surface area contributed by atoms with E-state index in [1.54, 1.807) is 6.08 Å². The van der Waals surface area contributed by atoms with Gasteiger partial charge in [0, 0.05) is 22.9 Å². The number of likely N-dealkylation sites (N-methyl/N-ethyl adjacent to an activating group) is 1. The smallest absolute Gasteiger partial charge is 0.184 e. The van der Waals surface area contributed by atoms with Gasteiger partial charge in [-0.15, -0.1) is 0 Å². The summed E-state index contributed by atoms with van der Waals surface area (Å²) in [5, 5.41) is 75.1. The molecule has 33 heavy (non-hydrogen) atoms. The third-order valence-electron chi connectivity index (χ3n) is 8.73. The summed E-state index contributed by atoms with van der Waals surface area (Å²) in [6, 6.07) is 1.24.